The highest BCUT2D eigenvalue weighted by Crippen LogP contribution is 2.30. The second-order valence-corrected chi connectivity index (χ2v) is 8.23. The first-order valence-electron chi connectivity index (χ1n) is 5.26. The Labute approximate surface area is 114 Å². The predicted octanol–water partition coefficient (Wildman–Crippen LogP) is 1.44. The van der Waals surface area contributed by atoms with Gasteiger partial charge in [0.2, 0.25) is 0 Å². The molecule has 0 saturated heterocycles. The molecule has 20 heavy (non-hydrogen) atoms. The molecule has 5 nitrogen and oxygen atoms in total. The maximum absolute atomic E-state index is 12.3. The largest absolute Gasteiger partial charge is 0.501 e. The maximum atomic E-state index is 12.3. The smallest absolute Gasteiger partial charge is 0.384 e. The van der Waals surface area contributed by atoms with E-state index in [0.29, 0.717) is 5.69 Å². The average Bonchev–Trinajstić information content (AvgIpc) is 2.26. The highest BCUT2D eigenvalue weighted by molar-refractivity contribution is 7.92. The number of hydrogen-bond acceptors (Lipinski definition) is 5. The molecular weight excluding hydrogens is 319 g/mol. The molecule has 114 valence electrons. The van der Waals surface area contributed by atoms with Gasteiger partial charge in [-0.1, -0.05) is 0 Å². The topological polar surface area (TPSA) is 80.3 Å². The van der Waals surface area contributed by atoms with E-state index in [9.17, 15) is 30.0 Å². The Bertz CT molecular complexity index is 663. The van der Waals surface area contributed by atoms with E-state index in [1.54, 1.807) is 0 Å². The van der Waals surface area contributed by atoms with Crippen LogP contribution in [0.5, 0.6) is 0 Å². The van der Waals surface area contributed by atoms with Crippen molar-refractivity contribution in [2.45, 2.75) is 10.4 Å². The van der Waals surface area contributed by atoms with Gasteiger partial charge in [-0.25, -0.2) is 16.8 Å². The van der Waals surface area contributed by atoms with Crippen LogP contribution in [0.15, 0.2) is 29.2 Å². The molecular formula is C10H12F3NO4S2. The van der Waals surface area contributed by atoms with Crippen LogP contribution in [0.25, 0.3) is 0 Å². The monoisotopic (exact) mass is 331 g/mol. The van der Waals surface area contributed by atoms with Crippen LogP contribution in [0, 0.1) is 0 Å². The van der Waals surface area contributed by atoms with Gasteiger partial charge in [0.15, 0.2) is 0 Å². The van der Waals surface area contributed by atoms with Crippen molar-refractivity contribution in [3.63, 3.8) is 0 Å². The Kier molecular flexibility index (Phi) is 4.70. The lowest BCUT2D eigenvalue weighted by Gasteiger charge is -2.09. The summed E-state index contributed by atoms with van der Waals surface area (Å²) in [7, 11) is -8.51. The molecule has 0 heterocycles. The van der Waals surface area contributed by atoms with E-state index in [0.717, 1.165) is 30.5 Å². The Morgan fingerprint density at radius 1 is 1.05 bits per heavy atom. The summed E-state index contributed by atoms with van der Waals surface area (Å²) < 4.78 is 80.8. The van der Waals surface area contributed by atoms with E-state index >= 15 is 0 Å². The molecule has 0 aliphatic rings. The lowest BCUT2D eigenvalue weighted by Crippen LogP contribution is -2.23. The molecule has 1 aromatic carbocycles. The lowest BCUT2D eigenvalue weighted by atomic mass is 10.3. The van der Waals surface area contributed by atoms with Crippen LogP contribution in [-0.4, -0.2) is 40.9 Å². The van der Waals surface area contributed by atoms with Crippen molar-refractivity contribution in [1.29, 1.82) is 0 Å². The van der Waals surface area contributed by atoms with Gasteiger partial charge in [0, 0.05) is 18.5 Å². The molecule has 1 rings (SSSR count). The van der Waals surface area contributed by atoms with Crippen molar-refractivity contribution in [2.75, 3.05) is 23.9 Å². The van der Waals surface area contributed by atoms with Crippen molar-refractivity contribution in [1.82, 2.24) is 0 Å². The van der Waals surface area contributed by atoms with Crippen LogP contribution in [0.1, 0.15) is 0 Å². The molecule has 0 fully saturated rings. The summed E-state index contributed by atoms with van der Waals surface area (Å²) >= 11 is 0. The average molecular weight is 331 g/mol. The summed E-state index contributed by atoms with van der Waals surface area (Å²) in [6.45, 7) is 0.0736. The minimum absolute atomic E-state index is 0.0736. The second kappa shape index (κ2) is 5.60. The van der Waals surface area contributed by atoms with Crippen LogP contribution in [-0.2, 0) is 19.7 Å². The standard InChI is InChI=1S/C10H12F3NO4S2/c1-19(15,16)7-6-14-8-2-4-9(5-3-8)20(17,18)10(11,12)13/h2-5,14H,6-7H2,1H3. The molecule has 0 aliphatic carbocycles. The molecule has 0 spiro atoms. The van der Waals surface area contributed by atoms with E-state index in [4.69, 9.17) is 0 Å². The third-order valence-corrected chi connectivity index (χ3v) is 4.72. The number of sulfone groups is 2. The molecule has 0 atom stereocenters. The van der Waals surface area contributed by atoms with Gasteiger partial charge in [0.25, 0.3) is 9.84 Å². The third kappa shape index (κ3) is 4.37. The summed E-state index contributed by atoms with van der Waals surface area (Å²) in [5.41, 5.74) is -5.02. The number of anilines is 1. The molecule has 0 unspecified atom stereocenters. The van der Waals surface area contributed by atoms with Crippen molar-refractivity contribution in [3.8, 4) is 0 Å². The van der Waals surface area contributed by atoms with Crippen molar-refractivity contribution >= 4 is 25.4 Å². The number of hydrogen-bond donors (Lipinski definition) is 1. The number of nitrogens with one attached hydrogen (secondary N) is 1. The fourth-order valence-electron chi connectivity index (χ4n) is 1.27. The van der Waals surface area contributed by atoms with Crippen LogP contribution in [0.3, 0.4) is 0 Å². The first kappa shape index (κ1) is 16.8. The van der Waals surface area contributed by atoms with Crippen LogP contribution < -0.4 is 5.32 Å². The van der Waals surface area contributed by atoms with Gasteiger partial charge in [0.05, 0.1) is 10.6 Å². The predicted molar refractivity (Wildman–Crippen MR) is 67.9 cm³/mol. The van der Waals surface area contributed by atoms with E-state index in [1.165, 1.54) is 0 Å². The SMILES string of the molecule is CS(=O)(=O)CCNc1ccc(S(=O)(=O)C(F)(F)F)cc1. The zero-order chi connectivity index (χ0) is 15.6. The van der Waals surface area contributed by atoms with Crippen molar-refractivity contribution < 1.29 is 30.0 Å². The zero-order valence-electron chi connectivity index (χ0n) is 10.3. The van der Waals surface area contributed by atoms with Gasteiger partial charge in [-0.2, -0.15) is 13.2 Å². The molecule has 10 heteroatoms. The third-order valence-electron chi connectivity index (χ3n) is 2.27. The van der Waals surface area contributed by atoms with E-state index < -0.39 is 30.1 Å². The van der Waals surface area contributed by atoms with Crippen molar-refractivity contribution in [2.24, 2.45) is 0 Å². The van der Waals surface area contributed by atoms with Crippen LogP contribution >= 0.6 is 0 Å². The Morgan fingerprint density at radius 2 is 1.55 bits per heavy atom. The highest BCUT2D eigenvalue weighted by atomic mass is 32.2. The number of halogens is 3. The molecule has 0 aromatic heterocycles. The second-order valence-electron chi connectivity index (χ2n) is 4.03. The molecule has 0 saturated carbocycles. The summed E-state index contributed by atoms with van der Waals surface area (Å²) in [5.74, 6) is -0.143. The molecule has 1 aromatic rings. The number of rotatable bonds is 5. The Morgan fingerprint density at radius 3 is 1.95 bits per heavy atom. The normalized spacial score (nSPS) is 13.2. The zero-order valence-corrected chi connectivity index (χ0v) is 11.9. The fraction of sp³-hybridized carbons (Fsp3) is 0.400. The van der Waals surface area contributed by atoms with E-state index in [-0.39, 0.29) is 12.3 Å². The lowest BCUT2D eigenvalue weighted by molar-refractivity contribution is -0.0436. The number of alkyl halides is 3. The molecule has 0 amide bonds. The van der Waals surface area contributed by atoms with Gasteiger partial charge in [-0.3, -0.25) is 0 Å². The van der Waals surface area contributed by atoms with Crippen molar-refractivity contribution in [3.05, 3.63) is 24.3 Å². The summed E-state index contributed by atoms with van der Waals surface area (Å²) in [4.78, 5) is -0.862. The first-order chi connectivity index (χ1) is 8.93. The van der Waals surface area contributed by atoms with Gasteiger partial charge in [-0.15, -0.1) is 0 Å². The van der Waals surface area contributed by atoms with Gasteiger partial charge in [-0.05, 0) is 24.3 Å². The quantitative estimate of drug-likeness (QED) is 0.883. The summed E-state index contributed by atoms with van der Waals surface area (Å²) in [5, 5.41) is 2.66. The van der Waals surface area contributed by atoms with Crippen LogP contribution in [0.4, 0.5) is 18.9 Å². The van der Waals surface area contributed by atoms with E-state index in [1.807, 2.05) is 0 Å². The fourth-order valence-corrected chi connectivity index (χ4v) is 2.50. The van der Waals surface area contributed by atoms with Crippen LogP contribution in [0.2, 0.25) is 0 Å². The molecule has 0 aliphatic heterocycles. The number of benzene rings is 1. The minimum atomic E-state index is -5.36. The Hall–Kier alpha value is -1.29. The van der Waals surface area contributed by atoms with Gasteiger partial charge < -0.3 is 5.32 Å². The minimum Gasteiger partial charge on any atom is -0.384 e. The first-order valence-corrected chi connectivity index (χ1v) is 8.81. The maximum Gasteiger partial charge on any atom is 0.501 e. The van der Waals surface area contributed by atoms with Gasteiger partial charge in [0.1, 0.15) is 9.84 Å². The Balaban J connectivity index is 2.80. The van der Waals surface area contributed by atoms with Gasteiger partial charge >= 0.3 is 5.51 Å². The summed E-state index contributed by atoms with van der Waals surface area (Å²) in [6, 6.07) is 3.90. The summed E-state index contributed by atoms with van der Waals surface area (Å²) in [6.07, 6.45) is 1.05. The highest BCUT2D eigenvalue weighted by Gasteiger charge is 2.46. The van der Waals surface area contributed by atoms with E-state index in [2.05, 4.69) is 5.32 Å². The molecule has 0 bridgehead atoms. The molecule has 1 N–H and O–H groups in total. The molecule has 0 radical (unpaired) electrons.